The first kappa shape index (κ1) is 14.4. The van der Waals surface area contributed by atoms with Gasteiger partial charge in [0.05, 0.1) is 6.61 Å². The normalized spacial score (nSPS) is 13.3. The van der Waals surface area contributed by atoms with E-state index in [4.69, 9.17) is 10.5 Å². The minimum atomic E-state index is 0.339. The second-order valence-corrected chi connectivity index (χ2v) is 5.36. The Morgan fingerprint density at radius 1 is 1.27 bits per heavy atom. The van der Waals surface area contributed by atoms with Crippen molar-refractivity contribution in [1.29, 1.82) is 0 Å². The summed E-state index contributed by atoms with van der Waals surface area (Å²) in [4.78, 5) is 10.9. The van der Waals surface area contributed by atoms with Gasteiger partial charge in [-0.05, 0) is 12.0 Å². The van der Waals surface area contributed by atoms with Crippen LogP contribution >= 0.6 is 0 Å². The number of hydrogen-bond donors (Lipinski definition) is 1. The van der Waals surface area contributed by atoms with E-state index in [9.17, 15) is 0 Å². The largest absolute Gasteiger partial charge is 0.463 e. The maximum absolute atomic E-state index is 6.06. The Morgan fingerprint density at radius 2 is 2.05 bits per heavy atom. The highest BCUT2D eigenvalue weighted by molar-refractivity contribution is 5.67. The van der Waals surface area contributed by atoms with Gasteiger partial charge in [0.15, 0.2) is 0 Å². The number of rotatable bonds is 5. The molecule has 0 fully saturated rings. The van der Waals surface area contributed by atoms with Gasteiger partial charge in [0.25, 0.3) is 0 Å². The molecule has 0 unspecified atom stereocenters. The van der Waals surface area contributed by atoms with Gasteiger partial charge in [0.2, 0.25) is 0 Å². The van der Waals surface area contributed by atoms with E-state index in [1.54, 1.807) is 0 Å². The molecule has 0 amide bonds. The molecular weight excluding hydrogens is 276 g/mol. The number of aromatic nitrogens is 2. The van der Waals surface area contributed by atoms with E-state index in [1.165, 1.54) is 5.56 Å². The zero-order chi connectivity index (χ0) is 15.5. The summed E-state index contributed by atoms with van der Waals surface area (Å²) >= 11 is 0. The molecule has 5 heteroatoms. The maximum atomic E-state index is 6.06. The molecule has 1 aliphatic rings. The fourth-order valence-electron chi connectivity index (χ4n) is 2.52. The Labute approximate surface area is 130 Å². The Kier molecular flexibility index (Phi) is 3.96. The summed E-state index contributed by atoms with van der Waals surface area (Å²) in [5, 5.41) is 0. The molecular formula is C17H20N4O. The topological polar surface area (TPSA) is 64.3 Å². The lowest BCUT2D eigenvalue weighted by Crippen LogP contribution is -2.18. The van der Waals surface area contributed by atoms with Gasteiger partial charge >= 0.3 is 6.01 Å². The zero-order valence-electron chi connectivity index (χ0n) is 12.7. The highest BCUT2D eigenvalue weighted by atomic mass is 16.5. The van der Waals surface area contributed by atoms with Crippen LogP contribution in [0, 0.1) is 0 Å². The highest BCUT2D eigenvalue weighted by Crippen LogP contribution is 2.37. The van der Waals surface area contributed by atoms with Crippen LogP contribution in [-0.4, -0.2) is 16.6 Å². The molecule has 0 saturated heterocycles. The van der Waals surface area contributed by atoms with Crippen LogP contribution in [0.4, 0.5) is 11.6 Å². The molecule has 0 atom stereocenters. The zero-order valence-corrected chi connectivity index (χ0v) is 12.7. The van der Waals surface area contributed by atoms with Gasteiger partial charge in [0.1, 0.15) is 11.6 Å². The summed E-state index contributed by atoms with van der Waals surface area (Å²) < 4.78 is 5.54. The van der Waals surface area contributed by atoms with E-state index in [-0.39, 0.29) is 0 Å². The number of nitrogen functional groups attached to an aromatic ring is 1. The predicted molar refractivity (Wildman–Crippen MR) is 87.7 cm³/mol. The van der Waals surface area contributed by atoms with Crippen molar-refractivity contribution >= 4 is 11.6 Å². The number of nitrogens with two attached hydrogens (primary N) is 1. The third kappa shape index (κ3) is 2.74. The molecule has 22 heavy (non-hydrogen) atoms. The average molecular weight is 296 g/mol. The lowest BCUT2D eigenvalue weighted by molar-refractivity contribution is 0.293. The standard InChI is InChI=1S/C17H20N4O/c1-3-9-22-17-19-15(18)14-10-12(2)21(16(14)20-17)11-13-7-5-4-6-8-13/h4-8H,2-3,9-11H2,1H3,(H2,18,19,20). The summed E-state index contributed by atoms with van der Waals surface area (Å²) in [5.74, 6) is 1.29. The van der Waals surface area contributed by atoms with Crippen LogP contribution < -0.4 is 15.4 Å². The smallest absolute Gasteiger partial charge is 0.320 e. The fraction of sp³-hybridized carbons (Fsp3) is 0.294. The molecule has 1 aromatic carbocycles. The van der Waals surface area contributed by atoms with Crippen LogP contribution in [-0.2, 0) is 13.0 Å². The van der Waals surface area contributed by atoms with Crippen molar-refractivity contribution in [2.24, 2.45) is 0 Å². The molecule has 1 aromatic heterocycles. The second-order valence-electron chi connectivity index (χ2n) is 5.36. The summed E-state index contributed by atoms with van der Waals surface area (Å²) in [6.45, 7) is 7.48. The van der Waals surface area contributed by atoms with Crippen molar-refractivity contribution < 1.29 is 4.74 Å². The first-order valence-corrected chi connectivity index (χ1v) is 7.47. The van der Waals surface area contributed by atoms with E-state index < -0.39 is 0 Å². The van der Waals surface area contributed by atoms with Gasteiger partial charge in [-0.15, -0.1) is 0 Å². The van der Waals surface area contributed by atoms with Gasteiger partial charge in [-0.1, -0.05) is 43.8 Å². The van der Waals surface area contributed by atoms with Crippen molar-refractivity contribution in [3.05, 3.63) is 53.7 Å². The van der Waals surface area contributed by atoms with Crippen molar-refractivity contribution in [1.82, 2.24) is 9.97 Å². The Hall–Kier alpha value is -2.56. The summed E-state index contributed by atoms with van der Waals surface area (Å²) in [7, 11) is 0. The summed E-state index contributed by atoms with van der Waals surface area (Å²) in [6, 6.07) is 10.6. The van der Waals surface area contributed by atoms with Crippen molar-refractivity contribution in [3.8, 4) is 6.01 Å². The van der Waals surface area contributed by atoms with Gasteiger partial charge in [0, 0.05) is 24.2 Å². The van der Waals surface area contributed by atoms with Gasteiger partial charge in [-0.25, -0.2) is 0 Å². The molecule has 0 saturated carbocycles. The first-order valence-electron chi connectivity index (χ1n) is 7.47. The molecule has 1 aliphatic heterocycles. The SMILES string of the molecule is C=C1Cc2c(N)nc(OCCC)nc2N1Cc1ccccc1. The molecule has 0 spiro atoms. The van der Waals surface area contributed by atoms with E-state index >= 15 is 0 Å². The minimum absolute atomic E-state index is 0.339. The molecule has 0 aliphatic carbocycles. The fourth-order valence-corrected chi connectivity index (χ4v) is 2.52. The number of benzene rings is 1. The number of anilines is 2. The van der Waals surface area contributed by atoms with Crippen LogP contribution in [0.5, 0.6) is 6.01 Å². The van der Waals surface area contributed by atoms with E-state index in [1.807, 2.05) is 25.1 Å². The monoisotopic (exact) mass is 296 g/mol. The lowest BCUT2D eigenvalue weighted by Gasteiger charge is -2.20. The quantitative estimate of drug-likeness (QED) is 0.919. The molecule has 2 aromatic rings. The van der Waals surface area contributed by atoms with Crippen LogP contribution in [0.3, 0.4) is 0 Å². The lowest BCUT2D eigenvalue weighted by atomic mass is 10.2. The van der Waals surface area contributed by atoms with Crippen molar-refractivity contribution in [3.63, 3.8) is 0 Å². The van der Waals surface area contributed by atoms with Crippen LogP contribution in [0.25, 0.3) is 0 Å². The molecule has 0 bridgehead atoms. The van der Waals surface area contributed by atoms with E-state index in [0.717, 1.165) is 30.0 Å². The Balaban J connectivity index is 1.91. The summed E-state index contributed by atoms with van der Waals surface area (Å²) in [6.07, 6.45) is 1.59. The number of ether oxygens (including phenoxy) is 1. The van der Waals surface area contributed by atoms with Crippen molar-refractivity contribution in [2.45, 2.75) is 26.3 Å². The summed E-state index contributed by atoms with van der Waals surface area (Å²) in [5.41, 5.74) is 9.18. The third-order valence-electron chi connectivity index (χ3n) is 3.63. The Morgan fingerprint density at radius 3 is 2.77 bits per heavy atom. The molecule has 2 heterocycles. The molecule has 2 N–H and O–H groups in total. The average Bonchev–Trinajstić information content (AvgIpc) is 2.83. The molecule has 0 radical (unpaired) electrons. The number of allylic oxidation sites excluding steroid dienone is 1. The van der Waals surface area contributed by atoms with Gasteiger partial charge in [-0.2, -0.15) is 9.97 Å². The van der Waals surface area contributed by atoms with E-state index in [0.29, 0.717) is 24.9 Å². The van der Waals surface area contributed by atoms with Crippen LogP contribution in [0.2, 0.25) is 0 Å². The van der Waals surface area contributed by atoms with Gasteiger partial charge in [-0.3, -0.25) is 0 Å². The van der Waals surface area contributed by atoms with Gasteiger partial charge < -0.3 is 15.4 Å². The van der Waals surface area contributed by atoms with Crippen LogP contribution in [0.15, 0.2) is 42.6 Å². The first-order chi connectivity index (χ1) is 10.7. The van der Waals surface area contributed by atoms with Crippen molar-refractivity contribution in [2.75, 3.05) is 17.2 Å². The number of fused-ring (bicyclic) bond motifs is 1. The minimum Gasteiger partial charge on any atom is -0.463 e. The molecule has 3 rings (SSSR count). The number of nitrogens with zero attached hydrogens (tertiary/aromatic N) is 3. The highest BCUT2D eigenvalue weighted by Gasteiger charge is 2.28. The second kappa shape index (κ2) is 6.05. The van der Waals surface area contributed by atoms with E-state index in [2.05, 4.69) is 33.6 Å². The number of hydrogen-bond acceptors (Lipinski definition) is 5. The molecule has 114 valence electrons. The Bertz CT molecular complexity index is 685. The molecule has 5 nitrogen and oxygen atoms in total. The third-order valence-corrected chi connectivity index (χ3v) is 3.63. The van der Waals surface area contributed by atoms with Crippen LogP contribution in [0.1, 0.15) is 24.5 Å². The maximum Gasteiger partial charge on any atom is 0.320 e. The predicted octanol–water partition coefficient (Wildman–Crippen LogP) is 2.92.